The molecule has 0 unspecified atom stereocenters. The number of carbonyl (C=O) groups is 1. The normalized spacial score (nSPS) is 10.0. The van der Waals surface area contributed by atoms with E-state index < -0.39 is 5.97 Å². The zero-order valence-corrected chi connectivity index (χ0v) is 7.44. The Bertz CT molecular complexity index is 395. The van der Waals surface area contributed by atoms with E-state index in [1.807, 2.05) is 0 Å². The molecular formula is C8H10N2O3. The predicted molar refractivity (Wildman–Crippen MR) is 45.6 cm³/mol. The van der Waals surface area contributed by atoms with Crippen LogP contribution in [0.2, 0.25) is 0 Å². The highest BCUT2D eigenvalue weighted by Gasteiger charge is 2.04. The molecule has 13 heavy (non-hydrogen) atoms. The van der Waals surface area contributed by atoms with Gasteiger partial charge in [0.15, 0.2) is 0 Å². The standard InChI is InChI=1S/C8H10N2O3/c1-5-3-7(11)6(2)9-10(5)4-8(12)13/h3H,4H2,1-2H3,(H,12,13). The molecule has 0 bridgehead atoms. The fourth-order valence-electron chi connectivity index (χ4n) is 0.966. The first kappa shape index (κ1) is 9.44. The highest BCUT2D eigenvalue weighted by molar-refractivity contribution is 5.66. The molecule has 0 atom stereocenters. The van der Waals surface area contributed by atoms with Crippen LogP contribution in [0.5, 0.6) is 0 Å². The lowest BCUT2D eigenvalue weighted by Gasteiger charge is -2.06. The Hall–Kier alpha value is -1.65. The summed E-state index contributed by atoms with van der Waals surface area (Å²) in [6, 6.07) is 1.38. The molecule has 1 aromatic rings. The van der Waals surface area contributed by atoms with Gasteiger partial charge in [0.05, 0.1) is 0 Å². The van der Waals surface area contributed by atoms with Crippen molar-refractivity contribution in [3.63, 3.8) is 0 Å². The number of rotatable bonds is 2. The second-order valence-corrected chi connectivity index (χ2v) is 2.79. The van der Waals surface area contributed by atoms with Crippen molar-refractivity contribution < 1.29 is 9.90 Å². The van der Waals surface area contributed by atoms with Crippen LogP contribution in [0.3, 0.4) is 0 Å². The topological polar surface area (TPSA) is 72.2 Å². The SMILES string of the molecule is Cc1nn(CC(=O)O)c(C)cc1=O. The van der Waals surface area contributed by atoms with E-state index in [0.717, 1.165) is 0 Å². The van der Waals surface area contributed by atoms with Crippen LogP contribution in [-0.4, -0.2) is 20.9 Å². The minimum absolute atomic E-state index is 0.167. The van der Waals surface area contributed by atoms with Gasteiger partial charge in [0.25, 0.3) is 0 Å². The van der Waals surface area contributed by atoms with Gasteiger partial charge in [0, 0.05) is 11.8 Å². The number of aromatic nitrogens is 2. The molecule has 5 heteroatoms. The molecule has 0 aliphatic carbocycles. The second-order valence-electron chi connectivity index (χ2n) is 2.79. The fraction of sp³-hybridized carbons (Fsp3) is 0.375. The van der Waals surface area contributed by atoms with Crippen molar-refractivity contribution in [2.75, 3.05) is 0 Å². The minimum atomic E-state index is -0.973. The van der Waals surface area contributed by atoms with Crippen LogP contribution in [0.15, 0.2) is 10.9 Å². The van der Waals surface area contributed by atoms with Gasteiger partial charge in [-0.3, -0.25) is 14.3 Å². The van der Waals surface area contributed by atoms with Gasteiger partial charge in [-0.1, -0.05) is 0 Å². The summed E-state index contributed by atoms with van der Waals surface area (Å²) in [6.45, 7) is 2.99. The van der Waals surface area contributed by atoms with Crippen LogP contribution in [0.1, 0.15) is 11.4 Å². The van der Waals surface area contributed by atoms with E-state index in [-0.39, 0.29) is 12.0 Å². The van der Waals surface area contributed by atoms with Gasteiger partial charge in [-0.25, -0.2) is 0 Å². The quantitative estimate of drug-likeness (QED) is 0.695. The van der Waals surface area contributed by atoms with Crippen molar-refractivity contribution >= 4 is 5.97 Å². The lowest BCUT2D eigenvalue weighted by atomic mass is 10.3. The van der Waals surface area contributed by atoms with E-state index in [0.29, 0.717) is 11.4 Å². The highest BCUT2D eigenvalue weighted by Crippen LogP contribution is 1.93. The van der Waals surface area contributed by atoms with Crippen LogP contribution >= 0.6 is 0 Å². The van der Waals surface area contributed by atoms with Crippen molar-refractivity contribution in [3.8, 4) is 0 Å². The maximum atomic E-state index is 11.1. The molecule has 0 amide bonds. The number of carboxylic acids is 1. The van der Waals surface area contributed by atoms with E-state index >= 15 is 0 Å². The third kappa shape index (κ3) is 2.14. The molecule has 1 rings (SSSR count). The molecule has 1 aromatic heterocycles. The highest BCUT2D eigenvalue weighted by atomic mass is 16.4. The number of hydrogen-bond acceptors (Lipinski definition) is 3. The Morgan fingerprint density at radius 1 is 1.62 bits per heavy atom. The van der Waals surface area contributed by atoms with Gasteiger partial charge in [-0.2, -0.15) is 5.10 Å². The summed E-state index contributed by atoms with van der Waals surface area (Å²) in [6.07, 6.45) is 0. The summed E-state index contributed by atoms with van der Waals surface area (Å²) in [5.74, 6) is -0.973. The van der Waals surface area contributed by atoms with E-state index in [9.17, 15) is 9.59 Å². The largest absolute Gasteiger partial charge is 0.480 e. The molecule has 70 valence electrons. The number of hydrogen-bond donors (Lipinski definition) is 1. The smallest absolute Gasteiger partial charge is 0.325 e. The van der Waals surface area contributed by atoms with Gasteiger partial charge >= 0.3 is 5.97 Å². The van der Waals surface area contributed by atoms with Gasteiger partial charge in [0.2, 0.25) is 5.43 Å². The fourth-order valence-corrected chi connectivity index (χ4v) is 0.966. The van der Waals surface area contributed by atoms with Crippen molar-refractivity contribution in [1.29, 1.82) is 0 Å². The summed E-state index contributed by atoms with van der Waals surface area (Å²) in [7, 11) is 0. The second kappa shape index (κ2) is 3.38. The number of aliphatic carboxylic acids is 1. The van der Waals surface area contributed by atoms with Crippen LogP contribution in [-0.2, 0) is 11.3 Å². The lowest BCUT2D eigenvalue weighted by molar-refractivity contribution is -0.137. The zero-order valence-electron chi connectivity index (χ0n) is 7.44. The Morgan fingerprint density at radius 3 is 2.77 bits per heavy atom. The van der Waals surface area contributed by atoms with E-state index in [4.69, 9.17) is 5.11 Å². The first-order valence-corrected chi connectivity index (χ1v) is 3.78. The first-order valence-electron chi connectivity index (χ1n) is 3.78. The Morgan fingerprint density at radius 2 is 2.23 bits per heavy atom. The molecule has 0 saturated carbocycles. The molecule has 0 saturated heterocycles. The molecule has 0 aliphatic heterocycles. The van der Waals surface area contributed by atoms with Crippen LogP contribution in [0.4, 0.5) is 0 Å². The maximum Gasteiger partial charge on any atom is 0.325 e. The molecule has 1 N–H and O–H groups in total. The summed E-state index contributed by atoms with van der Waals surface area (Å²) in [5.41, 5.74) is 0.698. The summed E-state index contributed by atoms with van der Waals surface area (Å²) in [4.78, 5) is 21.4. The molecular weight excluding hydrogens is 172 g/mol. The van der Waals surface area contributed by atoms with Crippen LogP contribution < -0.4 is 5.43 Å². The first-order chi connectivity index (χ1) is 6.00. The molecule has 0 radical (unpaired) electrons. The summed E-state index contributed by atoms with van der Waals surface area (Å²) >= 11 is 0. The summed E-state index contributed by atoms with van der Waals surface area (Å²) in [5, 5.41) is 12.3. The number of nitrogens with zero attached hydrogens (tertiary/aromatic N) is 2. The zero-order chi connectivity index (χ0) is 10.0. The monoisotopic (exact) mass is 182 g/mol. The minimum Gasteiger partial charge on any atom is -0.480 e. The maximum absolute atomic E-state index is 11.1. The average Bonchev–Trinajstić information content (AvgIpc) is 1.99. The molecule has 0 spiro atoms. The van der Waals surface area contributed by atoms with E-state index in [1.54, 1.807) is 13.8 Å². The Kier molecular flexibility index (Phi) is 2.46. The third-order valence-electron chi connectivity index (χ3n) is 1.66. The Balaban J connectivity index is 3.16. The third-order valence-corrected chi connectivity index (χ3v) is 1.66. The molecule has 0 aliphatic rings. The van der Waals surface area contributed by atoms with E-state index in [2.05, 4.69) is 5.10 Å². The predicted octanol–water partition coefficient (Wildman–Crippen LogP) is -0.0553. The van der Waals surface area contributed by atoms with Crippen LogP contribution in [0.25, 0.3) is 0 Å². The molecule has 0 aromatic carbocycles. The lowest BCUT2D eigenvalue weighted by Crippen LogP contribution is -2.20. The van der Waals surface area contributed by atoms with Crippen LogP contribution in [0, 0.1) is 13.8 Å². The number of carboxylic acid groups (broad SMARTS) is 1. The van der Waals surface area contributed by atoms with Gasteiger partial charge in [-0.15, -0.1) is 0 Å². The van der Waals surface area contributed by atoms with Gasteiger partial charge in [0.1, 0.15) is 12.2 Å². The molecule has 0 fully saturated rings. The van der Waals surface area contributed by atoms with Crippen molar-refractivity contribution in [2.24, 2.45) is 0 Å². The van der Waals surface area contributed by atoms with E-state index in [1.165, 1.54) is 10.7 Å². The van der Waals surface area contributed by atoms with Gasteiger partial charge < -0.3 is 5.11 Å². The Labute approximate surface area is 74.6 Å². The molecule has 1 heterocycles. The van der Waals surface area contributed by atoms with Crippen molar-refractivity contribution in [2.45, 2.75) is 20.4 Å². The molecule has 5 nitrogen and oxygen atoms in total. The average molecular weight is 182 g/mol. The summed E-state index contributed by atoms with van der Waals surface area (Å²) < 4.78 is 1.29. The number of aryl methyl sites for hydroxylation is 2. The van der Waals surface area contributed by atoms with Gasteiger partial charge in [-0.05, 0) is 13.8 Å². The van der Waals surface area contributed by atoms with Crippen molar-refractivity contribution in [3.05, 3.63) is 27.7 Å². The van der Waals surface area contributed by atoms with Crippen molar-refractivity contribution in [1.82, 2.24) is 9.78 Å².